The fourth-order valence-electron chi connectivity index (χ4n) is 1.94. The third-order valence-corrected chi connectivity index (χ3v) is 2.65. The van der Waals surface area contributed by atoms with Gasteiger partial charge in [0.1, 0.15) is 0 Å². The van der Waals surface area contributed by atoms with Crippen molar-refractivity contribution in [2.45, 2.75) is 24.9 Å². The summed E-state index contributed by atoms with van der Waals surface area (Å²) in [7, 11) is 0. The lowest BCUT2D eigenvalue weighted by molar-refractivity contribution is -0.126. The van der Waals surface area contributed by atoms with Gasteiger partial charge in [0.15, 0.2) is 0 Å². The van der Waals surface area contributed by atoms with E-state index in [9.17, 15) is 4.79 Å². The maximum atomic E-state index is 11.2. The molecule has 1 amide bonds. The van der Waals surface area contributed by atoms with E-state index in [1.807, 2.05) is 0 Å². The molecule has 2 aliphatic rings. The zero-order valence-corrected chi connectivity index (χ0v) is 7.15. The van der Waals surface area contributed by atoms with Crippen LogP contribution >= 0.6 is 0 Å². The summed E-state index contributed by atoms with van der Waals surface area (Å²) in [5.41, 5.74) is -0.0828. The summed E-state index contributed by atoms with van der Waals surface area (Å²) in [5, 5.41) is 9.71. The Balaban J connectivity index is 2.02. The lowest BCUT2D eigenvalue weighted by atomic mass is 9.96. The van der Waals surface area contributed by atoms with Gasteiger partial charge in [0.2, 0.25) is 5.91 Å². The van der Waals surface area contributed by atoms with Crippen LogP contribution in [0.1, 0.15) is 19.3 Å². The average molecular weight is 169 g/mol. The van der Waals surface area contributed by atoms with E-state index in [2.05, 4.69) is 16.0 Å². The topological polar surface area (TPSA) is 53.2 Å². The Morgan fingerprint density at radius 1 is 1.17 bits per heavy atom. The first-order valence-electron chi connectivity index (χ1n) is 4.58. The van der Waals surface area contributed by atoms with E-state index in [1.165, 1.54) is 0 Å². The molecule has 0 unspecified atom stereocenters. The van der Waals surface area contributed by atoms with E-state index < -0.39 is 0 Å². The van der Waals surface area contributed by atoms with Crippen LogP contribution < -0.4 is 16.0 Å². The Morgan fingerprint density at radius 3 is 2.58 bits per heavy atom. The van der Waals surface area contributed by atoms with Gasteiger partial charge in [0.25, 0.3) is 0 Å². The number of hydrogen-bond donors (Lipinski definition) is 3. The largest absolute Gasteiger partial charge is 0.338 e. The molecule has 2 saturated heterocycles. The van der Waals surface area contributed by atoms with Gasteiger partial charge >= 0.3 is 0 Å². The minimum absolute atomic E-state index is 0.0828. The highest BCUT2D eigenvalue weighted by molar-refractivity contribution is 5.77. The Hall–Kier alpha value is -0.610. The molecule has 68 valence electrons. The summed E-state index contributed by atoms with van der Waals surface area (Å²) >= 11 is 0. The molecular weight excluding hydrogens is 154 g/mol. The van der Waals surface area contributed by atoms with Crippen molar-refractivity contribution < 1.29 is 4.79 Å². The van der Waals surface area contributed by atoms with Crippen molar-refractivity contribution in [3.05, 3.63) is 0 Å². The molecule has 4 nitrogen and oxygen atoms in total. The molecule has 12 heavy (non-hydrogen) atoms. The lowest BCUT2D eigenvalue weighted by Gasteiger charge is -2.42. The molecule has 2 rings (SSSR count). The first-order chi connectivity index (χ1) is 5.81. The lowest BCUT2D eigenvalue weighted by Crippen LogP contribution is -2.66. The first kappa shape index (κ1) is 8.01. The molecule has 2 fully saturated rings. The van der Waals surface area contributed by atoms with Gasteiger partial charge in [-0.1, -0.05) is 0 Å². The van der Waals surface area contributed by atoms with Gasteiger partial charge in [0, 0.05) is 13.0 Å². The molecule has 0 aliphatic carbocycles. The first-order valence-corrected chi connectivity index (χ1v) is 4.58. The number of piperidine rings is 1. The molecule has 0 aromatic rings. The Labute approximate surface area is 72.1 Å². The highest BCUT2D eigenvalue weighted by atomic mass is 16.2. The van der Waals surface area contributed by atoms with Crippen molar-refractivity contribution >= 4 is 5.91 Å². The van der Waals surface area contributed by atoms with E-state index in [0.717, 1.165) is 32.5 Å². The zero-order valence-electron chi connectivity index (χ0n) is 7.15. The van der Waals surface area contributed by atoms with Crippen LogP contribution in [0.2, 0.25) is 0 Å². The third kappa shape index (κ3) is 1.44. The van der Waals surface area contributed by atoms with Crippen molar-refractivity contribution in [1.29, 1.82) is 0 Å². The second-order valence-electron chi connectivity index (χ2n) is 3.56. The predicted octanol–water partition coefficient (Wildman–Crippen LogP) is -0.824. The number of amides is 1. The molecule has 4 heteroatoms. The highest BCUT2D eigenvalue weighted by Crippen LogP contribution is 2.17. The van der Waals surface area contributed by atoms with Gasteiger partial charge in [-0.2, -0.15) is 0 Å². The van der Waals surface area contributed by atoms with Crippen LogP contribution in [0.25, 0.3) is 0 Å². The molecule has 0 bridgehead atoms. The standard InChI is InChI=1S/C8H15N3O/c12-7-1-4-10-8(11-7)2-5-9-6-3-8/h9-10H,1-6H2,(H,11,12). The smallest absolute Gasteiger partial charge is 0.222 e. The van der Waals surface area contributed by atoms with Crippen molar-refractivity contribution in [1.82, 2.24) is 16.0 Å². The van der Waals surface area contributed by atoms with E-state index in [0.29, 0.717) is 6.42 Å². The molecule has 0 aromatic carbocycles. The highest BCUT2D eigenvalue weighted by Gasteiger charge is 2.35. The zero-order chi connectivity index (χ0) is 8.44. The van der Waals surface area contributed by atoms with Crippen LogP contribution in [0, 0.1) is 0 Å². The predicted molar refractivity (Wildman–Crippen MR) is 45.6 cm³/mol. The van der Waals surface area contributed by atoms with Crippen molar-refractivity contribution in [2.24, 2.45) is 0 Å². The van der Waals surface area contributed by atoms with Crippen LogP contribution in [0.5, 0.6) is 0 Å². The van der Waals surface area contributed by atoms with E-state index >= 15 is 0 Å². The SMILES string of the molecule is O=C1CCNC2(CCNCC2)N1. The van der Waals surface area contributed by atoms with E-state index in [4.69, 9.17) is 0 Å². The van der Waals surface area contributed by atoms with E-state index in [-0.39, 0.29) is 11.6 Å². The van der Waals surface area contributed by atoms with E-state index in [1.54, 1.807) is 0 Å². The number of rotatable bonds is 0. The number of carbonyl (C=O) groups is 1. The van der Waals surface area contributed by atoms with Crippen LogP contribution in [0.4, 0.5) is 0 Å². The molecule has 0 aromatic heterocycles. The summed E-state index contributed by atoms with van der Waals surface area (Å²) in [5.74, 6) is 0.190. The maximum Gasteiger partial charge on any atom is 0.222 e. The number of hydrogen-bond acceptors (Lipinski definition) is 3. The Morgan fingerprint density at radius 2 is 1.92 bits per heavy atom. The molecule has 1 spiro atoms. The van der Waals surface area contributed by atoms with Gasteiger partial charge in [-0.05, 0) is 25.9 Å². The van der Waals surface area contributed by atoms with Gasteiger partial charge < -0.3 is 10.6 Å². The molecule has 0 atom stereocenters. The normalized spacial score (nSPS) is 28.5. The van der Waals surface area contributed by atoms with Gasteiger partial charge in [0.05, 0.1) is 5.66 Å². The van der Waals surface area contributed by atoms with Gasteiger partial charge in [-0.25, -0.2) is 0 Å². The third-order valence-electron chi connectivity index (χ3n) is 2.65. The average Bonchev–Trinajstić information content (AvgIpc) is 2.05. The minimum atomic E-state index is -0.0828. The number of nitrogens with one attached hydrogen (secondary N) is 3. The number of carbonyl (C=O) groups excluding carboxylic acids is 1. The maximum absolute atomic E-state index is 11.2. The summed E-state index contributed by atoms with van der Waals surface area (Å²) in [6.07, 6.45) is 2.62. The molecule has 2 heterocycles. The van der Waals surface area contributed by atoms with Crippen molar-refractivity contribution in [3.63, 3.8) is 0 Å². The summed E-state index contributed by atoms with van der Waals surface area (Å²) in [4.78, 5) is 11.2. The Kier molecular flexibility index (Phi) is 2.02. The molecule has 0 radical (unpaired) electrons. The second-order valence-corrected chi connectivity index (χ2v) is 3.56. The second kappa shape index (κ2) is 3.03. The molecule has 0 saturated carbocycles. The monoisotopic (exact) mass is 169 g/mol. The van der Waals surface area contributed by atoms with Crippen molar-refractivity contribution in [3.8, 4) is 0 Å². The summed E-state index contributed by atoms with van der Waals surface area (Å²) in [6, 6.07) is 0. The van der Waals surface area contributed by atoms with Crippen molar-refractivity contribution in [2.75, 3.05) is 19.6 Å². The fraction of sp³-hybridized carbons (Fsp3) is 0.875. The van der Waals surface area contributed by atoms with Crippen LogP contribution in [-0.4, -0.2) is 31.2 Å². The van der Waals surface area contributed by atoms with Crippen LogP contribution in [0.3, 0.4) is 0 Å². The minimum Gasteiger partial charge on any atom is -0.338 e. The quantitative estimate of drug-likeness (QED) is 0.444. The van der Waals surface area contributed by atoms with Gasteiger partial charge in [-0.15, -0.1) is 0 Å². The molecule has 3 N–H and O–H groups in total. The molecular formula is C8H15N3O. The van der Waals surface area contributed by atoms with Crippen LogP contribution in [-0.2, 0) is 4.79 Å². The van der Waals surface area contributed by atoms with Gasteiger partial charge in [-0.3, -0.25) is 10.1 Å². The summed E-state index contributed by atoms with van der Waals surface area (Å²) in [6.45, 7) is 2.81. The Bertz CT molecular complexity index is 181. The van der Waals surface area contributed by atoms with Crippen LogP contribution in [0.15, 0.2) is 0 Å². The fourth-order valence-corrected chi connectivity index (χ4v) is 1.94. The molecule has 2 aliphatic heterocycles. The summed E-state index contributed by atoms with van der Waals surface area (Å²) < 4.78 is 0.